The summed E-state index contributed by atoms with van der Waals surface area (Å²) in [5, 5.41) is 38.1. The molecule has 0 aliphatic rings. The normalized spacial score (nSPS) is 10.9. The fraction of sp³-hybridized carbons (Fsp3) is 0. The van der Waals surface area contributed by atoms with Crippen LogP contribution in [0.3, 0.4) is 0 Å². The molecule has 1 heterocycles. The SMILES string of the molecule is O=c1oc2cc(O)c(O)cc2cc1-c1ccc(O)c(O)c1. The Morgan fingerprint density at radius 1 is 0.762 bits per heavy atom. The molecule has 6 heteroatoms. The molecule has 0 fully saturated rings. The zero-order valence-corrected chi connectivity index (χ0v) is 10.6. The minimum atomic E-state index is -0.669. The van der Waals surface area contributed by atoms with Gasteiger partial charge in [0.05, 0.1) is 5.56 Å². The lowest BCUT2D eigenvalue weighted by Gasteiger charge is -2.05. The van der Waals surface area contributed by atoms with Crippen LogP contribution in [0.1, 0.15) is 0 Å². The van der Waals surface area contributed by atoms with Crippen molar-refractivity contribution in [2.24, 2.45) is 0 Å². The number of fused-ring (bicyclic) bond motifs is 1. The van der Waals surface area contributed by atoms with Gasteiger partial charge >= 0.3 is 5.63 Å². The molecule has 0 unspecified atom stereocenters. The summed E-state index contributed by atoms with van der Waals surface area (Å²) in [6, 6.07) is 7.80. The van der Waals surface area contributed by atoms with Crippen molar-refractivity contribution in [3.8, 4) is 34.1 Å². The summed E-state index contributed by atoms with van der Waals surface area (Å²) >= 11 is 0. The Hall–Kier alpha value is -3.15. The number of aromatic hydroxyl groups is 4. The lowest BCUT2D eigenvalue weighted by atomic mass is 10.1. The van der Waals surface area contributed by atoms with E-state index in [1.165, 1.54) is 30.3 Å². The minimum absolute atomic E-state index is 0.127. The molecule has 0 radical (unpaired) electrons. The molecule has 0 amide bonds. The first-order valence-electron chi connectivity index (χ1n) is 5.98. The van der Waals surface area contributed by atoms with Crippen molar-refractivity contribution in [3.63, 3.8) is 0 Å². The Kier molecular flexibility index (Phi) is 2.72. The fourth-order valence-electron chi connectivity index (χ4n) is 2.04. The maximum absolute atomic E-state index is 12.0. The van der Waals surface area contributed by atoms with Crippen LogP contribution < -0.4 is 5.63 Å². The number of benzene rings is 2. The van der Waals surface area contributed by atoms with Crippen molar-refractivity contribution < 1.29 is 24.8 Å². The highest BCUT2D eigenvalue weighted by molar-refractivity contribution is 5.84. The van der Waals surface area contributed by atoms with Gasteiger partial charge in [-0.05, 0) is 29.8 Å². The van der Waals surface area contributed by atoms with E-state index < -0.39 is 5.63 Å². The van der Waals surface area contributed by atoms with Gasteiger partial charge in [0, 0.05) is 11.5 Å². The van der Waals surface area contributed by atoms with Crippen molar-refractivity contribution in [1.82, 2.24) is 0 Å². The summed E-state index contributed by atoms with van der Waals surface area (Å²) in [6.45, 7) is 0. The third-order valence-electron chi connectivity index (χ3n) is 3.12. The Labute approximate surface area is 117 Å². The molecule has 0 atom stereocenters. The van der Waals surface area contributed by atoms with Crippen LogP contribution in [-0.4, -0.2) is 20.4 Å². The molecule has 3 aromatic rings. The second kappa shape index (κ2) is 4.45. The van der Waals surface area contributed by atoms with Crippen LogP contribution in [0.15, 0.2) is 45.6 Å². The first-order valence-corrected chi connectivity index (χ1v) is 5.98. The average molecular weight is 286 g/mol. The van der Waals surface area contributed by atoms with E-state index in [-0.39, 0.29) is 34.1 Å². The Morgan fingerprint density at radius 2 is 1.43 bits per heavy atom. The van der Waals surface area contributed by atoms with Gasteiger partial charge in [0.25, 0.3) is 0 Å². The Balaban J connectivity index is 2.27. The zero-order chi connectivity index (χ0) is 15.1. The van der Waals surface area contributed by atoms with E-state index >= 15 is 0 Å². The zero-order valence-electron chi connectivity index (χ0n) is 10.6. The lowest BCUT2D eigenvalue weighted by molar-refractivity contribution is 0.403. The summed E-state index contributed by atoms with van der Waals surface area (Å²) < 4.78 is 5.08. The number of phenols is 4. The Bertz CT molecular complexity index is 910. The molecular formula is C15H10O6. The summed E-state index contributed by atoms with van der Waals surface area (Å²) in [5.74, 6) is -1.39. The van der Waals surface area contributed by atoms with Gasteiger partial charge < -0.3 is 24.8 Å². The molecule has 0 aliphatic heterocycles. The maximum atomic E-state index is 12.0. The molecule has 2 aromatic carbocycles. The number of phenolic OH excluding ortho intramolecular Hbond substituents is 4. The first kappa shape index (κ1) is 12.9. The topological polar surface area (TPSA) is 111 Å². The number of hydrogen-bond donors (Lipinski definition) is 4. The molecule has 21 heavy (non-hydrogen) atoms. The van der Waals surface area contributed by atoms with E-state index in [9.17, 15) is 25.2 Å². The summed E-state index contributed by atoms with van der Waals surface area (Å²) in [7, 11) is 0. The summed E-state index contributed by atoms with van der Waals surface area (Å²) in [5.41, 5.74) is -0.0314. The van der Waals surface area contributed by atoms with Gasteiger partial charge in [-0.3, -0.25) is 0 Å². The van der Waals surface area contributed by atoms with Crippen LogP contribution in [-0.2, 0) is 0 Å². The molecule has 6 nitrogen and oxygen atoms in total. The van der Waals surface area contributed by atoms with Crippen LogP contribution in [0.5, 0.6) is 23.0 Å². The highest BCUT2D eigenvalue weighted by Crippen LogP contribution is 2.33. The van der Waals surface area contributed by atoms with Crippen molar-refractivity contribution in [1.29, 1.82) is 0 Å². The van der Waals surface area contributed by atoms with E-state index in [1.54, 1.807) is 0 Å². The molecule has 106 valence electrons. The second-order valence-electron chi connectivity index (χ2n) is 4.53. The number of rotatable bonds is 1. The third kappa shape index (κ3) is 2.12. The van der Waals surface area contributed by atoms with Gasteiger partial charge in [-0.1, -0.05) is 6.07 Å². The predicted molar refractivity (Wildman–Crippen MR) is 74.6 cm³/mol. The Morgan fingerprint density at radius 3 is 2.14 bits per heavy atom. The molecule has 1 aromatic heterocycles. The average Bonchev–Trinajstić information content (AvgIpc) is 2.43. The predicted octanol–water partition coefficient (Wildman–Crippen LogP) is 2.28. The quantitative estimate of drug-likeness (QED) is 0.403. The van der Waals surface area contributed by atoms with Gasteiger partial charge in [-0.25, -0.2) is 4.79 Å². The van der Waals surface area contributed by atoms with Crippen molar-refractivity contribution in [2.75, 3.05) is 0 Å². The molecule has 0 aliphatic carbocycles. The molecule has 0 saturated carbocycles. The van der Waals surface area contributed by atoms with Crippen LogP contribution >= 0.6 is 0 Å². The van der Waals surface area contributed by atoms with Crippen LogP contribution in [0, 0.1) is 0 Å². The van der Waals surface area contributed by atoms with Gasteiger partial charge in [-0.15, -0.1) is 0 Å². The highest BCUT2D eigenvalue weighted by Gasteiger charge is 2.12. The van der Waals surface area contributed by atoms with E-state index in [0.717, 1.165) is 6.07 Å². The molecule has 0 spiro atoms. The van der Waals surface area contributed by atoms with Crippen molar-refractivity contribution in [2.45, 2.75) is 0 Å². The molecule has 0 saturated heterocycles. The largest absolute Gasteiger partial charge is 0.504 e. The smallest absolute Gasteiger partial charge is 0.344 e. The fourth-order valence-corrected chi connectivity index (χ4v) is 2.04. The molecule has 4 N–H and O–H groups in total. The van der Waals surface area contributed by atoms with Gasteiger partial charge in [0.1, 0.15) is 5.58 Å². The van der Waals surface area contributed by atoms with E-state index in [0.29, 0.717) is 10.9 Å². The maximum Gasteiger partial charge on any atom is 0.344 e. The monoisotopic (exact) mass is 286 g/mol. The van der Waals surface area contributed by atoms with E-state index in [4.69, 9.17) is 4.42 Å². The van der Waals surface area contributed by atoms with Crippen LogP contribution in [0.25, 0.3) is 22.1 Å². The molecule has 0 bridgehead atoms. The van der Waals surface area contributed by atoms with Crippen LogP contribution in [0.2, 0.25) is 0 Å². The van der Waals surface area contributed by atoms with Gasteiger partial charge in [-0.2, -0.15) is 0 Å². The van der Waals surface area contributed by atoms with E-state index in [2.05, 4.69) is 0 Å². The van der Waals surface area contributed by atoms with Crippen molar-refractivity contribution in [3.05, 3.63) is 46.8 Å². The highest BCUT2D eigenvalue weighted by atomic mass is 16.4. The standard InChI is InChI=1S/C15H10O6/c16-10-2-1-7(4-11(10)17)9-3-8-5-12(18)13(19)6-14(8)21-15(9)20/h1-6,16-19H. The lowest BCUT2D eigenvalue weighted by Crippen LogP contribution is -2.02. The summed E-state index contributed by atoms with van der Waals surface area (Å²) in [4.78, 5) is 12.0. The minimum Gasteiger partial charge on any atom is -0.504 e. The third-order valence-corrected chi connectivity index (χ3v) is 3.12. The second-order valence-corrected chi connectivity index (χ2v) is 4.53. The van der Waals surface area contributed by atoms with Gasteiger partial charge in [0.2, 0.25) is 0 Å². The number of hydrogen-bond acceptors (Lipinski definition) is 6. The summed E-state index contributed by atoms with van der Waals surface area (Å²) in [6.07, 6.45) is 0. The molecule has 3 rings (SSSR count). The van der Waals surface area contributed by atoms with Crippen molar-refractivity contribution >= 4 is 11.0 Å². The van der Waals surface area contributed by atoms with Gasteiger partial charge in [0.15, 0.2) is 23.0 Å². The first-order chi connectivity index (χ1) is 9.95. The van der Waals surface area contributed by atoms with E-state index in [1.807, 2.05) is 0 Å². The van der Waals surface area contributed by atoms with Crippen LogP contribution in [0.4, 0.5) is 0 Å². The molecular weight excluding hydrogens is 276 g/mol.